The van der Waals surface area contributed by atoms with Gasteiger partial charge in [-0.05, 0) is 44.1 Å². The molecule has 0 aromatic heterocycles. The van der Waals surface area contributed by atoms with Gasteiger partial charge in [0, 0.05) is 6.54 Å². The standard InChI is InChI=1S/C18H35NO/c1-4-16-10-6-7-11-17(16)20-18(14-19-5-2)12-8-9-15(3)13-18/h15-17,19H,4-14H2,1-3H3. The maximum absolute atomic E-state index is 6.83. The first-order chi connectivity index (χ1) is 9.69. The summed E-state index contributed by atoms with van der Waals surface area (Å²) in [6, 6.07) is 0. The van der Waals surface area contributed by atoms with Crippen LogP contribution in [0.25, 0.3) is 0 Å². The lowest BCUT2D eigenvalue weighted by atomic mass is 9.77. The average molecular weight is 281 g/mol. The predicted molar refractivity (Wildman–Crippen MR) is 86.0 cm³/mol. The van der Waals surface area contributed by atoms with E-state index in [0.717, 1.165) is 24.9 Å². The molecule has 0 aromatic carbocycles. The van der Waals surface area contributed by atoms with Crippen molar-refractivity contribution in [3.63, 3.8) is 0 Å². The Morgan fingerprint density at radius 1 is 1.10 bits per heavy atom. The van der Waals surface area contributed by atoms with Gasteiger partial charge in [-0.1, -0.05) is 52.9 Å². The van der Waals surface area contributed by atoms with Gasteiger partial charge in [0.15, 0.2) is 0 Å². The van der Waals surface area contributed by atoms with Crippen LogP contribution < -0.4 is 5.32 Å². The first-order valence-corrected chi connectivity index (χ1v) is 9.07. The SMILES string of the molecule is CCNCC1(OC2CCCCC2CC)CCCC(C)C1. The maximum Gasteiger partial charge on any atom is 0.0812 e. The van der Waals surface area contributed by atoms with Crippen LogP contribution in [0.5, 0.6) is 0 Å². The molecule has 2 fully saturated rings. The second-order valence-corrected chi connectivity index (χ2v) is 7.27. The number of ether oxygens (including phenoxy) is 1. The van der Waals surface area contributed by atoms with Crippen molar-refractivity contribution in [2.75, 3.05) is 13.1 Å². The Balaban J connectivity index is 2.01. The van der Waals surface area contributed by atoms with Crippen molar-refractivity contribution in [2.45, 2.75) is 90.3 Å². The van der Waals surface area contributed by atoms with Crippen LogP contribution in [0.3, 0.4) is 0 Å². The third-order valence-corrected chi connectivity index (χ3v) is 5.51. The minimum atomic E-state index is 0.128. The lowest BCUT2D eigenvalue weighted by Crippen LogP contribution is -2.50. The van der Waals surface area contributed by atoms with Crippen molar-refractivity contribution in [1.82, 2.24) is 5.32 Å². The van der Waals surface area contributed by atoms with Crippen LogP contribution >= 0.6 is 0 Å². The molecule has 2 rings (SSSR count). The van der Waals surface area contributed by atoms with E-state index in [9.17, 15) is 0 Å². The average Bonchev–Trinajstić information content (AvgIpc) is 2.46. The maximum atomic E-state index is 6.83. The summed E-state index contributed by atoms with van der Waals surface area (Å²) in [5.41, 5.74) is 0.128. The molecule has 0 bridgehead atoms. The second kappa shape index (κ2) is 7.79. The molecule has 2 aliphatic carbocycles. The second-order valence-electron chi connectivity index (χ2n) is 7.27. The van der Waals surface area contributed by atoms with Crippen LogP contribution in [-0.2, 0) is 4.74 Å². The summed E-state index contributed by atoms with van der Waals surface area (Å²) < 4.78 is 6.83. The molecule has 0 aliphatic heterocycles. The summed E-state index contributed by atoms with van der Waals surface area (Å²) >= 11 is 0. The van der Waals surface area contributed by atoms with E-state index in [0.29, 0.717) is 6.10 Å². The molecular weight excluding hydrogens is 246 g/mol. The van der Waals surface area contributed by atoms with Gasteiger partial charge in [0.1, 0.15) is 0 Å². The Bertz CT molecular complexity index is 281. The zero-order valence-corrected chi connectivity index (χ0v) is 13.9. The lowest BCUT2D eigenvalue weighted by Gasteiger charge is -2.45. The molecule has 2 heteroatoms. The van der Waals surface area contributed by atoms with Gasteiger partial charge in [0.25, 0.3) is 0 Å². The van der Waals surface area contributed by atoms with Gasteiger partial charge in [-0.15, -0.1) is 0 Å². The highest BCUT2D eigenvalue weighted by Gasteiger charge is 2.39. The van der Waals surface area contributed by atoms with Gasteiger partial charge in [-0.3, -0.25) is 0 Å². The van der Waals surface area contributed by atoms with Crippen LogP contribution in [0.4, 0.5) is 0 Å². The number of hydrogen-bond donors (Lipinski definition) is 1. The number of rotatable bonds is 6. The van der Waals surface area contributed by atoms with E-state index < -0.39 is 0 Å². The molecule has 2 nitrogen and oxygen atoms in total. The number of hydrogen-bond acceptors (Lipinski definition) is 2. The molecule has 4 atom stereocenters. The van der Waals surface area contributed by atoms with Crippen LogP contribution in [-0.4, -0.2) is 24.8 Å². The molecule has 2 saturated carbocycles. The van der Waals surface area contributed by atoms with Crippen molar-refractivity contribution < 1.29 is 4.74 Å². The van der Waals surface area contributed by atoms with Gasteiger partial charge in [0.05, 0.1) is 11.7 Å². The quantitative estimate of drug-likeness (QED) is 0.772. The molecule has 0 spiro atoms. The molecule has 1 N–H and O–H groups in total. The highest BCUT2D eigenvalue weighted by Crippen LogP contribution is 2.39. The fourth-order valence-corrected chi connectivity index (χ4v) is 4.39. The number of likely N-dealkylation sites (N-methyl/N-ethyl adjacent to an activating group) is 1. The van der Waals surface area contributed by atoms with E-state index >= 15 is 0 Å². The van der Waals surface area contributed by atoms with Crippen LogP contribution in [0, 0.1) is 11.8 Å². The smallest absolute Gasteiger partial charge is 0.0812 e. The summed E-state index contributed by atoms with van der Waals surface area (Å²) in [5, 5.41) is 3.58. The molecule has 0 aromatic rings. The molecule has 20 heavy (non-hydrogen) atoms. The Hall–Kier alpha value is -0.0800. The Kier molecular flexibility index (Phi) is 6.35. The molecule has 2 aliphatic rings. The van der Waals surface area contributed by atoms with Crippen LogP contribution in [0.2, 0.25) is 0 Å². The lowest BCUT2D eigenvalue weighted by molar-refractivity contribution is -0.147. The first-order valence-electron chi connectivity index (χ1n) is 9.07. The van der Waals surface area contributed by atoms with Gasteiger partial charge >= 0.3 is 0 Å². The normalized spacial score (nSPS) is 38.9. The van der Waals surface area contributed by atoms with Gasteiger partial charge in [-0.2, -0.15) is 0 Å². The van der Waals surface area contributed by atoms with Crippen molar-refractivity contribution in [3.8, 4) is 0 Å². The summed E-state index contributed by atoms with van der Waals surface area (Å²) in [6.07, 6.45) is 12.5. The summed E-state index contributed by atoms with van der Waals surface area (Å²) in [7, 11) is 0. The van der Waals surface area contributed by atoms with Gasteiger partial charge in [0.2, 0.25) is 0 Å². The van der Waals surface area contributed by atoms with Crippen molar-refractivity contribution in [3.05, 3.63) is 0 Å². The molecule has 118 valence electrons. The van der Waals surface area contributed by atoms with E-state index in [1.54, 1.807) is 0 Å². The van der Waals surface area contributed by atoms with Crippen LogP contribution in [0.1, 0.15) is 78.6 Å². The van der Waals surface area contributed by atoms with E-state index in [4.69, 9.17) is 4.74 Å². The summed E-state index contributed by atoms with van der Waals surface area (Å²) in [5.74, 6) is 1.63. The van der Waals surface area contributed by atoms with E-state index in [1.165, 1.54) is 57.8 Å². The van der Waals surface area contributed by atoms with Crippen molar-refractivity contribution >= 4 is 0 Å². The predicted octanol–water partition coefficient (Wildman–Crippen LogP) is 4.53. The molecule has 0 heterocycles. The molecule has 0 saturated heterocycles. The summed E-state index contributed by atoms with van der Waals surface area (Å²) in [4.78, 5) is 0. The van der Waals surface area contributed by atoms with Gasteiger partial charge < -0.3 is 10.1 Å². The topological polar surface area (TPSA) is 21.3 Å². The van der Waals surface area contributed by atoms with Crippen molar-refractivity contribution in [1.29, 1.82) is 0 Å². The Labute approximate surface area is 126 Å². The fourth-order valence-electron chi connectivity index (χ4n) is 4.39. The fraction of sp³-hybridized carbons (Fsp3) is 1.00. The third-order valence-electron chi connectivity index (χ3n) is 5.51. The Morgan fingerprint density at radius 3 is 2.60 bits per heavy atom. The highest BCUT2D eigenvalue weighted by molar-refractivity contribution is 4.91. The van der Waals surface area contributed by atoms with E-state index in [-0.39, 0.29) is 5.60 Å². The molecular formula is C18H35NO. The monoisotopic (exact) mass is 281 g/mol. The molecule has 0 radical (unpaired) electrons. The largest absolute Gasteiger partial charge is 0.370 e. The van der Waals surface area contributed by atoms with Crippen molar-refractivity contribution in [2.24, 2.45) is 11.8 Å². The minimum absolute atomic E-state index is 0.128. The summed E-state index contributed by atoms with van der Waals surface area (Å²) in [6.45, 7) is 9.06. The molecule has 0 amide bonds. The van der Waals surface area contributed by atoms with E-state index in [1.807, 2.05) is 0 Å². The van der Waals surface area contributed by atoms with E-state index in [2.05, 4.69) is 26.1 Å². The third kappa shape index (κ3) is 4.21. The Morgan fingerprint density at radius 2 is 1.90 bits per heavy atom. The minimum Gasteiger partial charge on any atom is -0.370 e. The number of nitrogens with one attached hydrogen (secondary N) is 1. The highest BCUT2D eigenvalue weighted by atomic mass is 16.5. The van der Waals surface area contributed by atoms with Gasteiger partial charge in [-0.25, -0.2) is 0 Å². The first kappa shape index (κ1) is 16.3. The zero-order chi connectivity index (χ0) is 14.4. The van der Waals surface area contributed by atoms with Crippen LogP contribution in [0.15, 0.2) is 0 Å². The molecule has 4 unspecified atom stereocenters. The zero-order valence-electron chi connectivity index (χ0n) is 13.9.